The van der Waals surface area contributed by atoms with Gasteiger partial charge in [-0.3, -0.25) is 29.8 Å². The molecule has 0 heterocycles. The summed E-state index contributed by atoms with van der Waals surface area (Å²) < 4.78 is 80.2. The SMILES string of the molecule is O=C(Nc1ccc([N+](=O)[O-])c(C(F)(F)F)c1)c1ccccc1SSc1ccccc1C(=O)Nc1ccc([N+](=O)[O-])c(C(F)(F)F)c1. The Morgan fingerprint density at radius 3 is 1.26 bits per heavy atom. The number of nitrogens with zero attached hydrogens (tertiary/aromatic N) is 2. The number of hydrogen-bond donors (Lipinski definition) is 2. The highest BCUT2D eigenvalue weighted by atomic mass is 33.1. The third kappa shape index (κ3) is 7.94. The van der Waals surface area contributed by atoms with E-state index in [4.69, 9.17) is 0 Å². The van der Waals surface area contributed by atoms with Gasteiger partial charge in [0.1, 0.15) is 11.1 Å². The number of nitrogens with one attached hydrogen (secondary N) is 2. The van der Waals surface area contributed by atoms with Gasteiger partial charge in [-0.25, -0.2) is 0 Å². The van der Waals surface area contributed by atoms with Crippen LogP contribution in [0.1, 0.15) is 31.8 Å². The molecule has 4 aromatic carbocycles. The fraction of sp³-hybridized carbons (Fsp3) is 0.0714. The normalized spacial score (nSPS) is 11.5. The Bertz CT molecular complexity index is 1720. The topological polar surface area (TPSA) is 144 Å². The first-order valence-corrected chi connectivity index (χ1v) is 14.6. The van der Waals surface area contributed by atoms with Crippen molar-refractivity contribution in [1.29, 1.82) is 0 Å². The number of nitro benzene ring substituents is 2. The maximum atomic E-state index is 13.4. The molecular formula is C28H16F6N4O6S2. The lowest BCUT2D eigenvalue weighted by molar-refractivity contribution is -0.388. The summed E-state index contributed by atoms with van der Waals surface area (Å²) in [6, 6.07) is 15.9. The van der Waals surface area contributed by atoms with Crippen LogP contribution in [0.3, 0.4) is 0 Å². The lowest BCUT2D eigenvalue weighted by Gasteiger charge is -2.13. The summed E-state index contributed by atoms with van der Waals surface area (Å²) in [5.74, 6) is -1.68. The van der Waals surface area contributed by atoms with E-state index in [9.17, 15) is 56.2 Å². The second kappa shape index (κ2) is 13.5. The predicted octanol–water partition coefficient (Wildman–Crippen LogP) is 8.84. The fourth-order valence-electron chi connectivity index (χ4n) is 3.94. The van der Waals surface area contributed by atoms with Gasteiger partial charge < -0.3 is 10.6 Å². The van der Waals surface area contributed by atoms with Crippen LogP contribution in [-0.2, 0) is 12.4 Å². The van der Waals surface area contributed by atoms with Gasteiger partial charge in [-0.1, -0.05) is 45.9 Å². The molecule has 4 aromatic rings. The van der Waals surface area contributed by atoms with Gasteiger partial charge in [0.25, 0.3) is 23.2 Å². The Balaban J connectivity index is 1.53. The maximum absolute atomic E-state index is 13.4. The first-order chi connectivity index (χ1) is 21.6. The molecule has 0 aliphatic carbocycles. The number of halogens is 6. The third-order valence-electron chi connectivity index (χ3n) is 6.00. The molecule has 46 heavy (non-hydrogen) atoms. The van der Waals surface area contributed by atoms with Crippen LogP contribution in [0, 0.1) is 20.2 Å². The Hall–Kier alpha value is -5.10. The van der Waals surface area contributed by atoms with Crippen LogP contribution in [-0.4, -0.2) is 21.7 Å². The third-order valence-corrected chi connectivity index (χ3v) is 8.48. The van der Waals surface area contributed by atoms with Crippen molar-refractivity contribution in [3.8, 4) is 0 Å². The first kappa shape index (κ1) is 33.8. The Morgan fingerprint density at radius 2 is 0.935 bits per heavy atom. The summed E-state index contributed by atoms with van der Waals surface area (Å²) >= 11 is 0. The summed E-state index contributed by atoms with van der Waals surface area (Å²) in [6.45, 7) is 0. The summed E-state index contributed by atoms with van der Waals surface area (Å²) in [6.07, 6.45) is -10.1. The second-order valence-electron chi connectivity index (χ2n) is 9.04. The van der Waals surface area contributed by atoms with Crippen LogP contribution in [0.2, 0.25) is 0 Å². The molecule has 18 heteroatoms. The summed E-state index contributed by atoms with van der Waals surface area (Å²) in [5.41, 5.74) is -6.14. The molecule has 0 aromatic heterocycles. The number of amides is 2. The van der Waals surface area contributed by atoms with Crippen LogP contribution in [0.4, 0.5) is 49.1 Å². The van der Waals surface area contributed by atoms with Crippen molar-refractivity contribution < 1.29 is 45.8 Å². The van der Waals surface area contributed by atoms with Gasteiger partial charge in [0.2, 0.25) is 0 Å². The van der Waals surface area contributed by atoms with Gasteiger partial charge in [0.05, 0.1) is 21.0 Å². The number of alkyl halides is 6. The number of anilines is 2. The van der Waals surface area contributed by atoms with E-state index >= 15 is 0 Å². The zero-order valence-corrected chi connectivity index (χ0v) is 24.1. The molecule has 0 unspecified atom stereocenters. The van der Waals surface area contributed by atoms with Crippen LogP contribution in [0.15, 0.2) is 94.7 Å². The highest BCUT2D eigenvalue weighted by Gasteiger charge is 2.39. The lowest BCUT2D eigenvalue weighted by Crippen LogP contribution is -2.15. The monoisotopic (exact) mass is 682 g/mol. The molecule has 2 N–H and O–H groups in total. The zero-order chi connectivity index (χ0) is 33.8. The number of carbonyl (C=O) groups is 2. The van der Waals surface area contributed by atoms with Gasteiger partial charge in [0, 0.05) is 33.3 Å². The van der Waals surface area contributed by atoms with Crippen LogP contribution in [0.5, 0.6) is 0 Å². The minimum atomic E-state index is -5.06. The van der Waals surface area contributed by atoms with Crippen molar-refractivity contribution in [2.45, 2.75) is 22.1 Å². The van der Waals surface area contributed by atoms with Crippen molar-refractivity contribution in [3.63, 3.8) is 0 Å². The smallest absolute Gasteiger partial charge is 0.322 e. The quantitative estimate of drug-likeness (QED) is 0.0771. The van der Waals surface area contributed by atoms with Gasteiger partial charge in [-0.15, -0.1) is 0 Å². The van der Waals surface area contributed by atoms with E-state index in [0.29, 0.717) is 34.1 Å². The summed E-state index contributed by atoms with van der Waals surface area (Å²) in [7, 11) is 1.97. The van der Waals surface area contributed by atoms with E-state index in [1.165, 1.54) is 36.4 Å². The average Bonchev–Trinajstić information content (AvgIpc) is 2.99. The molecule has 0 saturated heterocycles. The minimum absolute atomic E-state index is 0.0133. The number of carbonyl (C=O) groups excluding carboxylic acids is 2. The lowest BCUT2D eigenvalue weighted by atomic mass is 10.1. The number of rotatable bonds is 9. The van der Waals surface area contributed by atoms with Gasteiger partial charge >= 0.3 is 12.4 Å². The highest BCUT2D eigenvalue weighted by Crippen LogP contribution is 2.42. The van der Waals surface area contributed by atoms with E-state index in [-0.39, 0.29) is 22.5 Å². The predicted molar refractivity (Wildman–Crippen MR) is 157 cm³/mol. The molecule has 0 spiro atoms. The Kier molecular flexibility index (Phi) is 9.91. The zero-order valence-electron chi connectivity index (χ0n) is 22.5. The van der Waals surface area contributed by atoms with Gasteiger partial charge in [-0.2, -0.15) is 26.3 Å². The number of hydrogen-bond acceptors (Lipinski definition) is 8. The van der Waals surface area contributed by atoms with Crippen LogP contribution >= 0.6 is 21.6 Å². The second-order valence-corrected chi connectivity index (χ2v) is 11.3. The van der Waals surface area contributed by atoms with Crippen molar-refractivity contribution in [2.24, 2.45) is 0 Å². The molecule has 0 atom stereocenters. The van der Waals surface area contributed by atoms with Crippen LogP contribution < -0.4 is 10.6 Å². The molecule has 0 fully saturated rings. The van der Waals surface area contributed by atoms with Crippen molar-refractivity contribution in [1.82, 2.24) is 0 Å². The summed E-state index contributed by atoms with van der Waals surface area (Å²) in [4.78, 5) is 46.3. The largest absolute Gasteiger partial charge is 0.423 e. The molecule has 0 aliphatic rings. The van der Waals surface area contributed by atoms with Gasteiger partial charge in [0.15, 0.2) is 0 Å². The Morgan fingerprint density at radius 1 is 0.587 bits per heavy atom. The van der Waals surface area contributed by atoms with Crippen molar-refractivity contribution in [3.05, 3.63) is 127 Å². The molecule has 10 nitrogen and oxygen atoms in total. The fourth-order valence-corrected chi connectivity index (χ4v) is 6.30. The number of nitro groups is 2. The molecule has 238 valence electrons. The van der Waals surface area contributed by atoms with Crippen molar-refractivity contribution >= 4 is 56.2 Å². The standard InChI is InChI=1S/C28H16F6N4O6S2/c29-27(30,31)19-13-15(9-11-21(19)37(41)42)35-25(39)17-5-1-3-7-23(17)45-46-24-8-4-2-6-18(24)26(40)36-16-10-12-22(38(43)44)20(14-16)28(32,33)34/h1-14H,(H,35,39)(H,36,40). The Labute approximate surface area is 261 Å². The van der Waals surface area contributed by atoms with Crippen LogP contribution in [0.25, 0.3) is 0 Å². The van der Waals surface area contributed by atoms with E-state index in [2.05, 4.69) is 10.6 Å². The summed E-state index contributed by atoms with van der Waals surface area (Å²) in [5, 5.41) is 26.6. The van der Waals surface area contributed by atoms with E-state index in [0.717, 1.165) is 33.7 Å². The molecule has 0 bridgehead atoms. The minimum Gasteiger partial charge on any atom is -0.322 e. The molecular weight excluding hydrogens is 666 g/mol. The van der Waals surface area contributed by atoms with E-state index in [1.54, 1.807) is 12.1 Å². The molecule has 0 radical (unpaired) electrons. The molecule has 0 aliphatic heterocycles. The van der Waals surface area contributed by atoms with Gasteiger partial charge in [-0.05, 0) is 48.5 Å². The number of benzene rings is 4. The van der Waals surface area contributed by atoms with Crippen molar-refractivity contribution in [2.75, 3.05) is 10.6 Å². The van der Waals surface area contributed by atoms with E-state index in [1.807, 2.05) is 0 Å². The molecule has 4 rings (SSSR count). The molecule has 2 amide bonds. The molecule has 0 saturated carbocycles. The highest BCUT2D eigenvalue weighted by molar-refractivity contribution is 8.76. The first-order valence-electron chi connectivity index (χ1n) is 12.4. The maximum Gasteiger partial charge on any atom is 0.423 e. The van der Waals surface area contributed by atoms with E-state index < -0.39 is 56.5 Å². The average molecular weight is 683 g/mol.